The average molecular weight is 465 g/mol. The number of halogens is 1. The van der Waals surface area contributed by atoms with Gasteiger partial charge in [0.25, 0.3) is 5.91 Å². The maximum Gasteiger partial charge on any atom is 0.332 e. The van der Waals surface area contributed by atoms with E-state index >= 15 is 0 Å². The second-order valence-corrected chi connectivity index (χ2v) is 9.05. The van der Waals surface area contributed by atoms with Gasteiger partial charge in [0.2, 0.25) is 0 Å². The average Bonchev–Trinajstić information content (AvgIpc) is 3.39. The number of anilines is 1. The molecule has 0 aliphatic carbocycles. The van der Waals surface area contributed by atoms with Gasteiger partial charge in [-0.2, -0.15) is 10.4 Å². The molecule has 0 saturated carbocycles. The fraction of sp³-hybridized carbons (Fsp3) is 0.227. The first kappa shape index (κ1) is 20.5. The number of hydrogen-bond donors (Lipinski definition) is 0. The predicted molar refractivity (Wildman–Crippen MR) is 123 cm³/mol. The number of hydrogen-bond acceptors (Lipinski definition) is 6. The molecule has 1 saturated heterocycles. The van der Waals surface area contributed by atoms with Crippen LogP contribution in [0.5, 0.6) is 0 Å². The van der Waals surface area contributed by atoms with Crippen molar-refractivity contribution in [2.24, 2.45) is 7.05 Å². The van der Waals surface area contributed by atoms with Gasteiger partial charge in [-0.1, -0.05) is 29.8 Å². The quantitative estimate of drug-likeness (QED) is 0.582. The van der Waals surface area contributed by atoms with Crippen LogP contribution < -0.4 is 4.90 Å². The highest BCUT2D eigenvalue weighted by atomic mass is 35.5. The molecule has 3 amide bonds. The molecule has 0 spiro atoms. The number of nitriles is 1. The third-order valence-electron chi connectivity index (χ3n) is 5.61. The van der Waals surface area contributed by atoms with E-state index in [2.05, 4.69) is 16.2 Å². The number of pyridine rings is 1. The Kier molecular flexibility index (Phi) is 5.12. The zero-order valence-electron chi connectivity index (χ0n) is 17.0. The molecule has 2 aromatic heterocycles. The summed E-state index contributed by atoms with van der Waals surface area (Å²) in [6.45, 7) is 0.210. The minimum atomic E-state index is -0.554. The van der Waals surface area contributed by atoms with Crippen LogP contribution in [0.2, 0.25) is 5.02 Å². The van der Waals surface area contributed by atoms with Crippen LogP contribution in [0, 0.1) is 11.3 Å². The standard InChI is InChI=1S/C22H17ClN6O2S/c1-27-19-13(11-26-27)10-25-12-17(19)29-21(30)20-16(28(22(29)31)8-4-7-24)9-18(32-20)14-5-2-3-6-15(14)23/h2-3,5-6,9-12,16,20H,4,8H2,1H3. The molecule has 1 aromatic carbocycles. The van der Waals surface area contributed by atoms with Crippen molar-refractivity contribution in [1.29, 1.82) is 5.26 Å². The number of amides is 3. The maximum atomic E-state index is 13.6. The molecule has 32 heavy (non-hydrogen) atoms. The summed E-state index contributed by atoms with van der Waals surface area (Å²) in [5.74, 6) is -0.327. The lowest BCUT2D eigenvalue weighted by Gasteiger charge is -2.40. The summed E-state index contributed by atoms with van der Waals surface area (Å²) in [6.07, 6.45) is 6.85. The highest BCUT2D eigenvalue weighted by Gasteiger charge is 2.50. The summed E-state index contributed by atoms with van der Waals surface area (Å²) >= 11 is 7.78. The van der Waals surface area contributed by atoms with Crippen LogP contribution >= 0.6 is 23.4 Å². The lowest BCUT2D eigenvalue weighted by Crippen LogP contribution is -2.62. The monoisotopic (exact) mass is 464 g/mol. The fourth-order valence-corrected chi connectivity index (χ4v) is 5.80. The van der Waals surface area contributed by atoms with Crippen LogP contribution in [0.3, 0.4) is 0 Å². The number of carbonyl (C=O) groups is 2. The molecule has 10 heteroatoms. The molecule has 2 aliphatic heterocycles. The lowest BCUT2D eigenvalue weighted by atomic mass is 10.0. The van der Waals surface area contributed by atoms with Gasteiger partial charge in [-0.3, -0.25) is 14.5 Å². The molecule has 0 radical (unpaired) electrons. The van der Waals surface area contributed by atoms with Crippen molar-refractivity contribution in [2.75, 3.05) is 11.4 Å². The van der Waals surface area contributed by atoms with Crippen LogP contribution in [-0.4, -0.2) is 49.4 Å². The van der Waals surface area contributed by atoms with Gasteiger partial charge < -0.3 is 4.90 Å². The van der Waals surface area contributed by atoms with Crippen molar-refractivity contribution in [3.8, 4) is 6.07 Å². The first-order chi connectivity index (χ1) is 15.5. The summed E-state index contributed by atoms with van der Waals surface area (Å²) in [5.41, 5.74) is 1.84. The molecular formula is C22H17ClN6O2S. The summed E-state index contributed by atoms with van der Waals surface area (Å²) in [4.78, 5) is 35.0. The third-order valence-corrected chi connectivity index (χ3v) is 7.29. The second-order valence-electron chi connectivity index (χ2n) is 7.46. The summed E-state index contributed by atoms with van der Waals surface area (Å²) < 4.78 is 1.62. The molecular weight excluding hydrogens is 448 g/mol. The zero-order valence-corrected chi connectivity index (χ0v) is 18.5. The van der Waals surface area contributed by atoms with E-state index in [-0.39, 0.29) is 18.9 Å². The van der Waals surface area contributed by atoms with Crippen LogP contribution in [0.15, 0.2) is 48.9 Å². The third kappa shape index (κ3) is 3.15. The molecule has 0 N–H and O–H groups in total. The van der Waals surface area contributed by atoms with Gasteiger partial charge in [0, 0.05) is 40.7 Å². The number of nitrogens with zero attached hydrogens (tertiary/aromatic N) is 6. The first-order valence-electron chi connectivity index (χ1n) is 9.92. The minimum Gasteiger partial charge on any atom is -0.315 e. The van der Waals surface area contributed by atoms with Crippen LogP contribution in [0.1, 0.15) is 12.0 Å². The lowest BCUT2D eigenvalue weighted by molar-refractivity contribution is -0.119. The van der Waals surface area contributed by atoms with Gasteiger partial charge in [-0.15, -0.1) is 11.8 Å². The van der Waals surface area contributed by atoms with Gasteiger partial charge in [0.15, 0.2) is 0 Å². The molecule has 2 atom stereocenters. The molecule has 0 bridgehead atoms. The summed E-state index contributed by atoms with van der Waals surface area (Å²) in [5, 5.41) is 14.1. The fourth-order valence-electron chi connectivity index (χ4n) is 4.14. The van der Waals surface area contributed by atoms with E-state index in [1.165, 1.54) is 22.9 Å². The molecule has 1 fully saturated rings. The Labute approximate surface area is 193 Å². The summed E-state index contributed by atoms with van der Waals surface area (Å²) in [6, 6.07) is 8.57. The number of benzene rings is 1. The normalized spacial score (nSPS) is 20.5. The van der Waals surface area contributed by atoms with E-state index in [1.807, 2.05) is 24.3 Å². The number of carbonyl (C=O) groups excluding carboxylic acids is 2. The number of thioether (sulfide) groups is 1. The zero-order chi connectivity index (χ0) is 22.4. The molecule has 160 valence electrons. The van der Waals surface area contributed by atoms with E-state index in [9.17, 15) is 9.59 Å². The van der Waals surface area contributed by atoms with Gasteiger partial charge in [0.05, 0.1) is 42.1 Å². The van der Waals surface area contributed by atoms with E-state index in [0.29, 0.717) is 16.2 Å². The Morgan fingerprint density at radius 1 is 1.22 bits per heavy atom. The van der Waals surface area contributed by atoms with Crippen molar-refractivity contribution >= 4 is 56.8 Å². The Bertz CT molecular complexity index is 1330. The Hall–Kier alpha value is -3.35. The molecule has 4 heterocycles. The van der Waals surface area contributed by atoms with Crippen molar-refractivity contribution in [2.45, 2.75) is 17.7 Å². The topological polar surface area (TPSA) is 95.1 Å². The molecule has 3 aromatic rings. The van der Waals surface area contributed by atoms with E-state index in [1.54, 1.807) is 35.1 Å². The van der Waals surface area contributed by atoms with Gasteiger partial charge in [0.1, 0.15) is 5.25 Å². The Morgan fingerprint density at radius 3 is 2.81 bits per heavy atom. The Balaban J connectivity index is 1.60. The number of fused-ring (bicyclic) bond motifs is 2. The highest BCUT2D eigenvalue weighted by molar-refractivity contribution is 8.09. The smallest absolute Gasteiger partial charge is 0.315 e. The van der Waals surface area contributed by atoms with Crippen LogP contribution in [0.25, 0.3) is 15.8 Å². The molecule has 8 nitrogen and oxygen atoms in total. The molecule has 5 rings (SSSR count). The number of imide groups is 1. The molecule has 2 aliphatic rings. The number of rotatable bonds is 4. The first-order valence-corrected chi connectivity index (χ1v) is 11.2. The second kappa shape index (κ2) is 7.97. The SMILES string of the molecule is Cn1ncc2cncc(N3C(=O)C4SC(c5ccccc5Cl)=CC4N(CCC#N)C3=O)c21. The van der Waals surface area contributed by atoms with Crippen molar-refractivity contribution in [3.63, 3.8) is 0 Å². The van der Waals surface area contributed by atoms with Crippen molar-refractivity contribution < 1.29 is 9.59 Å². The largest absolute Gasteiger partial charge is 0.332 e. The van der Waals surface area contributed by atoms with Gasteiger partial charge >= 0.3 is 6.03 Å². The Morgan fingerprint density at radius 2 is 2.03 bits per heavy atom. The predicted octanol–water partition coefficient (Wildman–Crippen LogP) is 3.83. The number of aromatic nitrogens is 3. The van der Waals surface area contributed by atoms with Crippen LogP contribution in [0.4, 0.5) is 10.5 Å². The highest BCUT2D eigenvalue weighted by Crippen LogP contribution is 2.46. The van der Waals surface area contributed by atoms with Crippen molar-refractivity contribution in [1.82, 2.24) is 19.7 Å². The number of aryl methyl sites for hydroxylation is 1. The maximum absolute atomic E-state index is 13.6. The van der Waals surface area contributed by atoms with E-state index in [4.69, 9.17) is 16.9 Å². The van der Waals surface area contributed by atoms with Crippen LogP contribution in [-0.2, 0) is 11.8 Å². The van der Waals surface area contributed by atoms with E-state index in [0.717, 1.165) is 15.9 Å². The van der Waals surface area contributed by atoms with Gasteiger partial charge in [-0.25, -0.2) is 9.69 Å². The van der Waals surface area contributed by atoms with E-state index < -0.39 is 17.3 Å². The molecule has 2 unspecified atom stereocenters. The number of urea groups is 1. The summed E-state index contributed by atoms with van der Waals surface area (Å²) in [7, 11) is 1.75. The van der Waals surface area contributed by atoms with Crippen molar-refractivity contribution in [3.05, 3.63) is 59.5 Å². The minimum absolute atomic E-state index is 0.158. The van der Waals surface area contributed by atoms with Gasteiger partial charge in [-0.05, 0) is 12.1 Å².